The fraction of sp³-hybridized carbons (Fsp3) is 0.188. The van der Waals surface area contributed by atoms with Crippen LogP contribution >= 0.6 is 15.9 Å². The summed E-state index contributed by atoms with van der Waals surface area (Å²) in [6, 6.07) is 11.5. The summed E-state index contributed by atoms with van der Waals surface area (Å²) in [5, 5.41) is 3.18. The van der Waals surface area contributed by atoms with Crippen LogP contribution in [0, 0.1) is 5.82 Å². The number of halogens is 2. The Morgan fingerprint density at radius 2 is 1.95 bits per heavy atom. The predicted molar refractivity (Wildman–Crippen MR) is 83.8 cm³/mol. The number of carbonyl (C=O) groups excluding carboxylic acids is 1. The van der Waals surface area contributed by atoms with Gasteiger partial charge in [-0.15, -0.1) is 0 Å². The molecule has 21 heavy (non-hydrogen) atoms. The highest BCUT2D eigenvalue weighted by Gasteiger charge is 2.06. The second-order valence-electron chi connectivity index (χ2n) is 4.39. The molecule has 2 rings (SSSR count). The molecular formula is C16H15BrFNO2. The highest BCUT2D eigenvalue weighted by molar-refractivity contribution is 9.10. The average Bonchev–Trinajstić information content (AvgIpc) is 2.49. The molecule has 110 valence electrons. The Labute approximate surface area is 131 Å². The number of hydrogen-bond donors (Lipinski definition) is 1. The summed E-state index contributed by atoms with van der Waals surface area (Å²) in [4.78, 5) is 11.5. The molecule has 0 heterocycles. The third-order valence-corrected chi connectivity index (χ3v) is 3.66. The van der Waals surface area contributed by atoms with E-state index >= 15 is 0 Å². The van der Waals surface area contributed by atoms with E-state index in [2.05, 4.69) is 21.2 Å². The number of rotatable bonds is 5. The molecule has 0 fully saturated rings. The maximum absolute atomic E-state index is 13.2. The largest absolute Gasteiger partial charge is 0.462 e. The molecule has 0 radical (unpaired) electrons. The van der Waals surface area contributed by atoms with E-state index in [1.54, 1.807) is 37.3 Å². The second kappa shape index (κ2) is 7.22. The number of benzene rings is 2. The van der Waals surface area contributed by atoms with E-state index in [1.165, 1.54) is 12.1 Å². The number of ether oxygens (including phenoxy) is 1. The smallest absolute Gasteiger partial charge is 0.338 e. The third kappa shape index (κ3) is 4.29. The maximum Gasteiger partial charge on any atom is 0.338 e. The predicted octanol–water partition coefficient (Wildman–Crippen LogP) is 4.38. The van der Waals surface area contributed by atoms with Crippen molar-refractivity contribution >= 4 is 27.6 Å². The molecular weight excluding hydrogens is 337 g/mol. The lowest BCUT2D eigenvalue weighted by Gasteiger charge is -2.09. The molecule has 3 nitrogen and oxygen atoms in total. The summed E-state index contributed by atoms with van der Waals surface area (Å²) in [6.45, 7) is 2.61. The van der Waals surface area contributed by atoms with E-state index in [4.69, 9.17) is 4.74 Å². The lowest BCUT2D eigenvalue weighted by atomic mass is 10.2. The molecule has 0 saturated heterocycles. The highest BCUT2D eigenvalue weighted by Crippen LogP contribution is 2.19. The van der Waals surface area contributed by atoms with Crippen LogP contribution < -0.4 is 5.32 Å². The van der Waals surface area contributed by atoms with Gasteiger partial charge in [0.05, 0.1) is 12.2 Å². The molecule has 0 aliphatic rings. The molecule has 2 aromatic carbocycles. The van der Waals surface area contributed by atoms with Gasteiger partial charge in [-0.2, -0.15) is 0 Å². The molecule has 0 saturated carbocycles. The van der Waals surface area contributed by atoms with Gasteiger partial charge in [0, 0.05) is 16.7 Å². The minimum atomic E-state index is -0.336. The molecule has 0 bridgehead atoms. The van der Waals surface area contributed by atoms with Crippen molar-refractivity contribution in [2.45, 2.75) is 13.5 Å². The average molecular weight is 352 g/mol. The zero-order valence-corrected chi connectivity index (χ0v) is 13.1. The summed E-state index contributed by atoms with van der Waals surface area (Å²) in [5.41, 5.74) is 2.18. The number of anilines is 1. The zero-order valence-electron chi connectivity index (χ0n) is 11.5. The van der Waals surface area contributed by atoms with Crippen molar-refractivity contribution in [1.82, 2.24) is 0 Å². The highest BCUT2D eigenvalue weighted by atomic mass is 79.9. The Balaban J connectivity index is 2.00. The number of hydrogen-bond acceptors (Lipinski definition) is 3. The first kappa shape index (κ1) is 15.5. The van der Waals surface area contributed by atoms with Gasteiger partial charge in [0.1, 0.15) is 5.82 Å². The molecule has 0 amide bonds. The molecule has 0 unspecified atom stereocenters. The molecule has 0 aliphatic carbocycles. The van der Waals surface area contributed by atoms with Crippen molar-refractivity contribution < 1.29 is 13.9 Å². The van der Waals surface area contributed by atoms with Crippen molar-refractivity contribution in [2.75, 3.05) is 11.9 Å². The van der Waals surface area contributed by atoms with E-state index in [-0.39, 0.29) is 11.8 Å². The van der Waals surface area contributed by atoms with Crippen LogP contribution in [0.4, 0.5) is 10.1 Å². The summed E-state index contributed by atoms with van der Waals surface area (Å²) in [5.74, 6) is -0.607. The Bertz CT molecular complexity index is 629. The maximum atomic E-state index is 13.2. The Morgan fingerprint density at radius 3 is 2.62 bits per heavy atom. The quantitative estimate of drug-likeness (QED) is 0.812. The van der Waals surface area contributed by atoms with Crippen molar-refractivity contribution in [3.05, 3.63) is 63.9 Å². The Morgan fingerprint density at radius 1 is 1.24 bits per heavy atom. The van der Waals surface area contributed by atoms with Gasteiger partial charge in [0.2, 0.25) is 0 Å². The van der Waals surface area contributed by atoms with Crippen LogP contribution in [-0.4, -0.2) is 12.6 Å². The SMILES string of the molecule is CCOC(=O)c1ccc(NCc2cc(F)ccc2Br)cc1. The van der Waals surface area contributed by atoms with Gasteiger partial charge in [-0.3, -0.25) is 0 Å². The normalized spacial score (nSPS) is 10.2. The summed E-state index contributed by atoms with van der Waals surface area (Å²) >= 11 is 3.38. The summed E-state index contributed by atoms with van der Waals surface area (Å²) < 4.78 is 19.0. The van der Waals surface area contributed by atoms with Gasteiger partial charge >= 0.3 is 5.97 Å². The van der Waals surface area contributed by atoms with E-state index in [0.29, 0.717) is 18.7 Å². The van der Waals surface area contributed by atoms with Gasteiger partial charge in [-0.25, -0.2) is 9.18 Å². The lowest BCUT2D eigenvalue weighted by Crippen LogP contribution is -2.05. The van der Waals surface area contributed by atoms with Crippen LogP contribution in [0.15, 0.2) is 46.9 Å². The van der Waals surface area contributed by atoms with Crippen LogP contribution in [0.2, 0.25) is 0 Å². The Hall–Kier alpha value is -1.88. The van der Waals surface area contributed by atoms with Crippen LogP contribution in [0.3, 0.4) is 0 Å². The van der Waals surface area contributed by atoms with Crippen molar-refractivity contribution in [3.63, 3.8) is 0 Å². The molecule has 0 atom stereocenters. The minimum absolute atomic E-state index is 0.271. The standard InChI is InChI=1S/C16H15BrFNO2/c1-2-21-16(20)11-3-6-14(7-4-11)19-10-12-9-13(18)5-8-15(12)17/h3-9,19H,2,10H2,1H3. The van der Waals surface area contributed by atoms with Crippen molar-refractivity contribution in [1.29, 1.82) is 0 Å². The van der Waals surface area contributed by atoms with Crippen LogP contribution in [0.25, 0.3) is 0 Å². The van der Waals surface area contributed by atoms with Crippen molar-refractivity contribution in [3.8, 4) is 0 Å². The first-order valence-electron chi connectivity index (χ1n) is 6.55. The number of carbonyl (C=O) groups is 1. The second-order valence-corrected chi connectivity index (χ2v) is 5.24. The topological polar surface area (TPSA) is 38.3 Å². The lowest BCUT2D eigenvalue weighted by molar-refractivity contribution is 0.0526. The van der Waals surface area contributed by atoms with Crippen LogP contribution in [0.1, 0.15) is 22.8 Å². The van der Waals surface area contributed by atoms with Crippen molar-refractivity contribution in [2.24, 2.45) is 0 Å². The van der Waals surface area contributed by atoms with E-state index < -0.39 is 0 Å². The van der Waals surface area contributed by atoms with Gasteiger partial charge < -0.3 is 10.1 Å². The van der Waals surface area contributed by atoms with Gasteiger partial charge in [0.15, 0.2) is 0 Å². The number of esters is 1. The first-order valence-corrected chi connectivity index (χ1v) is 7.34. The zero-order chi connectivity index (χ0) is 15.2. The number of nitrogens with one attached hydrogen (secondary N) is 1. The molecule has 1 N–H and O–H groups in total. The molecule has 0 spiro atoms. The third-order valence-electron chi connectivity index (χ3n) is 2.89. The van der Waals surface area contributed by atoms with Crippen LogP contribution in [-0.2, 0) is 11.3 Å². The summed E-state index contributed by atoms with van der Waals surface area (Å²) in [7, 11) is 0. The minimum Gasteiger partial charge on any atom is -0.462 e. The Kier molecular flexibility index (Phi) is 5.33. The monoisotopic (exact) mass is 351 g/mol. The first-order chi connectivity index (χ1) is 10.1. The fourth-order valence-electron chi connectivity index (χ4n) is 1.81. The van der Waals surface area contributed by atoms with Gasteiger partial charge in [0.25, 0.3) is 0 Å². The fourth-order valence-corrected chi connectivity index (χ4v) is 2.20. The van der Waals surface area contributed by atoms with E-state index in [9.17, 15) is 9.18 Å². The van der Waals surface area contributed by atoms with Crippen LogP contribution in [0.5, 0.6) is 0 Å². The molecule has 0 aliphatic heterocycles. The van der Waals surface area contributed by atoms with E-state index in [0.717, 1.165) is 15.7 Å². The van der Waals surface area contributed by atoms with Gasteiger partial charge in [-0.05, 0) is 55.0 Å². The van der Waals surface area contributed by atoms with Gasteiger partial charge in [-0.1, -0.05) is 15.9 Å². The molecule has 0 aromatic heterocycles. The molecule has 5 heteroatoms. The summed E-state index contributed by atoms with van der Waals surface area (Å²) in [6.07, 6.45) is 0. The molecule has 2 aromatic rings. The van der Waals surface area contributed by atoms with E-state index in [1.807, 2.05) is 0 Å².